The maximum absolute atomic E-state index is 13.4. The topological polar surface area (TPSA) is 47.4 Å². The molecular formula is C24H35N3O2. The number of pyridine rings is 1. The van der Waals surface area contributed by atoms with Gasteiger partial charge >= 0.3 is 0 Å². The zero-order valence-corrected chi connectivity index (χ0v) is 18.2. The number of rotatable bonds is 9. The summed E-state index contributed by atoms with van der Waals surface area (Å²) < 4.78 is 7.49. The lowest BCUT2D eigenvalue weighted by molar-refractivity contribution is -0.138. The highest BCUT2D eigenvalue weighted by Crippen LogP contribution is 2.40. The van der Waals surface area contributed by atoms with E-state index in [1.165, 1.54) is 23.8 Å². The molecular weight excluding hydrogens is 362 g/mol. The highest BCUT2D eigenvalue weighted by molar-refractivity contribution is 5.84. The van der Waals surface area contributed by atoms with Gasteiger partial charge in [0.05, 0.1) is 6.04 Å². The third kappa shape index (κ3) is 4.35. The van der Waals surface area contributed by atoms with Gasteiger partial charge in [0, 0.05) is 55.1 Å². The molecule has 1 atom stereocenters. The molecule has 0 radical (unpaired) electrons. The molecule has 2 aromatic heterocycles. The molecule has 29 heavy (non-hydrogen) atoms. The second-order valence-electron chi connectivity index (χ2n) is 8.94. The van der Waals surface area contributed by atoms with E-state index >= 15 is 0 Å². The van der Waals surface area contributed by atoms with Gasteiger partial charge in [-0.05, 0) is 64.5 Å². The van der Waals surface area contributed by atoms with Gasteiger partial charge < -0.3 is 14.2 Å². The van der Waals surface area contributed by atoms with Crippen LogP contribution in [0.2, 0.25) is 0 Å². The van der Waals surface area contributed by atoms with Crippen LogP contribution in [0.5, 0.6) is 0 Å². The molecule has 0 aliphatic heterocycles. The van der Waals surface area contributed by atoms with Crippen molar-refractivity contribution in [2.45, 2.75) is 83.8 Å². The Kier molecular flexibility index (Phi) is 6.23. The number of nitrogens with zero attached hydrogens (tertiary/aromatic N) is 3. The van der Waals surface area contributed by atoms with Crippen molar-refractivity contribution in [1.29, 1.82) is 0 Å². The summed E-state index contributed by atoms with van der Waals surface area (Å²) in [5.74, 6) is 0.624. The summed E-state index contributed by atoms with van der Waals surface area (Å²) in [6.07, 6.45) is 11.2. The van der Waals surface area contributed by atoms with E-state index in [1.807, 2.05) is 6.92 Å². The van der Waals surface area contributed by atoms with Crippen LogP contribution in [0.4, 0.5) is 0 Å². The molecule has 2 fully saturated rings. The Hall–Kier alpha value is -1.88. The monoisotopic (exact) mass is 397 g/mol. The summed E-state index contributed by atoms with van der Waals surface area (Å²) in [6, 6.07) is 4.81. The van der Waals surface area contributed by atoms with Crippen LogP contribution in [-0.4, -0.2) is 40.1 Å². The average molecular weight is 398 g/mol. The maximum Gasteiger partial charge on any atom is 0.226 e. The van der Waals surface area contributed by atoms with Crippen LogP contribution >= 0.6 is 0 Å². The normalized spacial score (nSPS) is 18.4. The average Bonchev–Trinajstić information content (AvgIpc) is 3.26. The van der Waals surface area contributed by atoms with Crippen LogP contribution in [-0.2, 0) is 16.1 Å². The molecule has 2 saturated carbocycles. The largest absolute Gasteiger partial charge is 0.385 e. The number of fused-ring (bicyclic) bond motifs is 1. The van der Waals surface area contributed by atoms with E-state index in [9.17, 15) is 4.79 Å². The number of amides is 1. The summed E-state index contributed by atoms with van der Waals surface area (Å²) in [5, 5.41) is 1.19. The molecule has 0 N–H and O–H groups in total. The van der Waals surface area contributed by atoms with Crippen LogP contribution in [0.15, 0.2) is 18.3 Å². The molecule has 2 aliphatic rings. The zero-order chi connectivity index (χ0) is 20.4. The summed E-state index contributed by atoms with van der Waals surface area (Å²) in [5.41, 5.74) is 3.33. The van der Waals surface area contributed by atoms with Gasteiger partial charge in [-0.2, -0.15) is 0 Å². The Morgan fingerprint density at radius 3 is 2.69 bits per heavy atom. The van der Waals surface area contributed by atoms with Crippen molar-refractivity contribution in [1.82, 2.24) is 14.5 Å². The Morgan fingerprint density at radius 2 is 2.00 bits per heavy atom. The van der Waals surface area contributed by atoms with Crippen molar-refractivity contribution >= 4 is 16.9 Å². The van der Waals surface area contributed by atoms with E-state index in [1.54, 1.807) is 7.11 Å². The first-order valence-electron chi connectivity index (χ1n) is 11.4. The van der Waals surface area contributed by atoms with E-state index in [-0.39, 0.29) is 12.0 Å². The van der Waals surface area contributed by atoms with Crippen LogP contribution in [0.3, 0.4) is 0 Å². The van der Waals surface area contributed by atoms with Gasteiger partial charge in [0.2, 0.25) is 5.91 Å². The first-order chi connectivity index (χ1) is 14.1. The predicted octanol–water partition coefficient (Wildman–Crippen LogP) is 5.01. The van der Waals surface area contributed by atoms with Crippen molar-refractivity contribution in [3.05, 3.63) is 29.6 Å². The van der Waals surface area contributed by atoms with E-state index in [4.69, 9.17) is 9.72 Å². The summed E-state index contributed by atoms with van der Waals surface area (Å²) >= 11 is 0. The minimum atomic E-state index is 0.0998. The molecule has 1 amide bonds. The lowest BCUT2D eigenvalue weighted by Gasteiger charge is -2.31. The second-order valence-corrected chi connectivity index (χ2v) is 8.94. The number of hydrogen-bond donors (Lipinski definition) is 0. The predicted molar refractivity (Wildman–Crippen MR) is 116 cm³/mol. The maximum atomic E-state index is 13.4. The van der Waals surface area contributed by atoms with Gasteiger partial charge in [0.1, 0.15) is 5.65 Å². The molecule has 158 valence electrons. The van der Waals surface area contributed by atoms with Crippen LogP contribution in [0, 0.1) is 12.8 Å². The smallest absolute Gasteiger partial charge is 0.226 e. The Labute approximate surface area is 174 Å². The van der Waals surface area contributed by atoms with Gasteiger partial charge in [-0.15, -0.1) is 0 Å². The quantitative estimate of drug-likeness (QED) is 0.559. The van der Waals surface area contributed by atoms with Crippen molar-refractivity contribution < 1.29 is 9.53 Å². The van der Waals surface area contributed by atoms with Crippen molar-refractivity contribution in [2.24, 2.45) is 5.92 Å². The molecule has 0 aromatic carbocycles. The zero-order valence-electron chi connectivity index (χ0n) is 18.2. The van der Waals surface area contributed by atoms with Gasteiger partial charge in [-0.1, -0.05) is 12.8 Å². The minimum Gasteiger partial charge on any atom is -0.385 e. The molecule has 0 spiro atoms. The molecule has 5 heteroatoms. The fourth-order valence-corrected chi connectivity index (χ4v) is 4.89. The molecule has 2 aromatic rings. The van der Waals surface area contributed by atoms with Gasteiger partial charge in [0.15, 0.2) is 0 Å². The van der Waals surface area contributed by atoms with E-state index in [0.29, 0.717) is 11.9 Å². The third-order valence-electron chi connectivity index (χ3n) is 6.66. The number of methoxy groups -OCH3 is 1. The Balaban J connectivity index is 1.63. The number of carbonyl (C=O) groups excluding carboxylic acids is 1. The van der Waals surface area contributed by atoms with Crippen LogP contribution in [0.25, 0.3) is 11.0 Å². The summed E-state index contributed by atoms with van der Waals surface area (Å²) in [4.78, 5) is 20.4. The van der Waals surface area contributed by atoms with E-state index < -0.39 is 0 Å². The molecule has 2 heterocycles. The molecule has 1 unspecified atom stereocenters. The Morgan fingerprint density at radius 1 is 1.24 bits per heavy atom. The highest BCUT2D eigenvalue weighted by Gasteiger charge is 2.40. The number of aryl methyl sites for hydroxylation is 2. The second kappa shape index (κ2) is 8.86. The van der Waals surface area contributed by atoms with Crippen molar-refractivity contribution in [3.8, 4) is 0 Å². The molecule has 4 rings (SSSR count). The number of unbranched alkanes of at least 4 members (excludes halogenated alkanes) is 1. The van der Waals surface area contributed by atoms with Crippen LogP contribution in [0.1, 0.15) is 75.6 Å². The number of carbonyl (C=O) groups is 1. The van der Waals surface area contributed by atoms with Crippen molar-refractivity contribution in [3.63, 3.8) is 0 Å². The standard InChI is InChI=1S/C24H35N3O2/c1-17-10-13-21-22(16-26(23(21)25-17)14-6-7-15-29-3)18(2)27(20-11-12-20)24(28)19-8-4-5-9-19/h10,13,16,18-20H,4-9,11-12,14-15H2,1-3H3. The van der Waals surface area contributed by atoms with Crippen LogP contribution < -0.4 is 0 Å². The van der Waals surface area contributed by atoms with Gasteiger partial charge in [-0.3, -0.25) is 4.79 Å². The SMILES string of the molecule is COCCCCn1cc(C(C)N(C(=O)C2CCCC2)C2CC2)c2ccc(C)nc21. The fourth-order valence-electron chi connectivity index (χ4n) is 4.89. The van der Waals surface area contributed by atoms with E-state index in [2.05, 4.69) is 34.7 Å². The number of ether oxygens (including phenoxy) is 1. The first-order valence-corrected chi connectivity index (χ1v) is 11.4. The lowest BCUT2D eigenvalue weighted by Crippen LogP contribution is -2.39. The Bertz CT molecular complexity index is 849. The van der Waals surface area contributed by atoms with Crippen molar-refractivity contribution in [2.75, 3.05) is 13.7 Å². The third-order valence-corrected chi connectivity index (χ3v) is 6.66. The minimum absolute atomic E-state index is 0.0998. The molecule has 5 nitrogen and oxygen atoms in total. The number of aromatic nitrogens is 2. The lowest BCUT2D eigenvalue weighted by atomic mass is 10.0. The molecule has 0 saturated heterocycles. The fraction of sp³-hybridized carbons (Fsp3) is 0.667. The molecule has 0 bridgehead atoms. The summed E-state index contributed by atoms with van der Waals surface area (Å²) in [7, 11) is 1.75. The van der Waals surface area contributed by atoms with E-state index in [0.717, 1.165) is 63.0 Å². The molecule has 2 aliphatic carbocycles. The van der Waals surface area contributed by atoms with Gasteiger partial charge in [-0.25, -0.2) is 4.98 Å². The summed E-state index contributed by atoms with van der Waals surface area (Å²) in [6.45, 7) is 5.99. The first kappa shape index (κ1) is 20.4. The highest BCUT2D eigenvalue weighted by atomic mass is 16.5. The number of hydrogen-bond acceptors (Lipinski definition) is 3. The van der Waals surface area contributed by atoms with Gasteiger partial charge in [0.25, 0.3) is 0 Å².